The van der Waals surface area contributed by atoms with Gasteiger partial charge < -0.3 is 15.0 Å². The topological polar surface area (TPSA) is 61.9 Å². The standard InChI is InChI=1S/C19H25F2N3O3/c1-27-14-5-8-23(9-6-14)17(25)11-16-19(26)22-7-10-24(16)12-13-3-2-4-15(20)18(13)21/h2-4,14,16H,5-12H2,1H3,(H,22,26). The molecule has 2 fully saturated rings. The Kier molecular flexibility index (Phi) is 6.38. The van der Waals surface area contributed by atoms with E-state index in [0.29, 0.717) is 26.2 Å². The van der Waals surface area contributed by atoms with Gasteiger partial charge in [0.15, 0.2) is 11.6 Å². The van der Waals surface area contributed by atoms with Gasteiger partial charge in [0.2, 0.25) is 11.8 Å². The number of halogens is 2. The van der Waals surface area contributed by atoms with Crippen molar-refractivity contribution in [3.05, 3.63) is 35.4 Å². The number of benzene rings is 1. The summed E-state index contributed by atoms with van der Waals surface area (Å²) < 4.78 is 32.8. The largest absolute Gasteiger partial charge is 0.381 e. The third-order valence-electron chi connectivity index (χ3n) is 5.34. The van der Waals surface area contributed by atoms with E-state index in [2.05, 4.69) is 5.32 Å². The van der Waals surface area contributed by atoms with Crippen molar-refractivity contribution < 1.29 is 23.1 Å². The minimum atomic E-state index is -0.914. The van der Waals surface area contributed by atoms with E-state index in [-0.39, 0.29) is 36.4 Å². The number of rotatable bonds is 5. The van der Waals surface area contributed by atoms with E-state index in [1.54, 1.807) is 16.9 Å². The van der Waals surface area contributed by atoms with Crippen molar-refractivity contribution in [2.45, 2.75) is 38.0 Å². The lowest BCUT2D eigenvalue weighted by molar-refractivity contribution is -0.140. The Bertz CT molecular complexity index is 693. The number of hydrogen-bond acceptors (Lipinski definition) is 4. The molecule has 1 atom stereocenters. The molecular weight excluding hydrogens is 356 g/mol. The molecule has 3 rings (SSSR count). The van der Waals surface area contributed by atoms with Crippen molar-refractivity contribution in [1.82, 2.24) is 15.1 Å². The lowest BCUT2D eigenvalue weighted by Crippen LogP contribution is -2.56. The highest BCUT2D eigenvalue weighted by molar-refractivity contribution is 5.88. The van der Waals surface area contributed by atoms with E-state index in [9.17, 15) is 18.4 Å². The van der Waals surface area contributed by atoms with Crippen molar-refractivity contribution in [3.63, 3.8) is 0 Å². The van der Waals surface area contributed by atoms with Crippen LogP contribution in [-0.2, 0) is 20.9 Å². The van der Waals surface area contributed by atoms with Gasteiger partial charge in [0, 0.05) is 45.4 Å². The lowest BCUT2D eigenvalue weighted by atomic mass is 10.0. The Morgan fingerprint density at radius 3 is 2.70 bits per heavy atom. The van der Waals surface area contributed by atoms with Crippen LogP contribution in [0.4, 0.5) is 8.78 Å². The van der Waals surface area contributed by atoms with Crippen LogP contribution in [0.5, 0.6) is 0 Å². The van der Waals surface area contributed by atoms with Gasteiger partial charge in [-0.2, -0.15) is 0 Å². The molecule has 0 radical (unpaired) electrons. The van der Waals surface area contributed by atoms with Gasteiger partial charge in [0.25, 0.3) is 0 Å². The molecule has 0 saturated carbocycles. The first kappa shape index (κ1) is 19.7. The summed E-state index contributed by atoms with van der Waals surface area (Å²) in [5, 5.41) is 2.76. The fourth-order valence-electron chi connectivity index (χ4n) is 3.70. The zero-order valence-electron chi connectivity index (χ0n) is 15.4. The molecule has 6 nitrogen and oxygen atoms in total. The van der Waals surface area contributed by atoms with E-state index >= 15 is 0 Å². The Morgan fingerprint density at radius 1 is 1.26 bits per heavy atom. The molecule has 1 aromatic rings. The summed E-state index contributed by atoms with van der Waals surface area (Å²) in [5.41, 5.74) is 0.183. The normalized spacial score (nSPS) is 22.0. The first-order valence-electron chi connectivity index (χ1n) is 9.24. The van der Waals surface area contributed by atoms with Crippen molar-refractivity contribution in [3.8, 4) is 0 Å². The summed E-state index contributed by atoms with van der Waals surface area (Å²) in [7, 11) is 1.66. The molecule has 2 aliphatic heterocycles. The quantitative estimate of drug-likeness (QED) is 0.835. The summed E-state index contributed by atoms with van der Waals surface area (Å²) in [4.78, 5) is 28.5. The third-order valence-corrected chi connectivity index (χ3v) is 5.34. The maximum Gasteiger partial charge on any atom is 0.237 e. The number of carbonyl (C=O) groups excluding carboxylic acids is 2. The minimum absolute atomic E-state index is 0.0282. The Morgan fingerprint density at radius 2 is 2.00 bits per heavy atom. The fourth-order valence-corrected chi connectivity index (χ4v) is 3.70. The van der Waals surface area contributed by atoms with E-state index in [0.717, 1.165) is 18.9 Å². The molecule has 0 aromatic heterocycles. The second kappa shape index (κ2) is 8.75. The highest BCUT2D eigenvalue weighted by atomic mass is 19.2. The van der Waals surface area contributed by atoms with Crippen molar-refractivity contribution in [2.24, 2.45) is 0 Å². The van der Waals surface area contributed by atoms with Crippen LogP contribution >= 0.6 is 0 Å². The molecule has 2 saturated heterocycles. The maximum atomic E-state index is 14.0. The summed E-state index contributed by atoms with van der Waals surface area (Å²) in [6.07, 6.45) is 1.74. The Balaban J connectivity index is 1.66. The molecule has 0 bridgehead atoms. The molecule has 1 aromatic carbocycles. The van der Waals surface area contributed by atoms with Gasteiger partial charge in [-0.15, -0.1) is 0 Å². The van der Waals surface area contributed by atoms with Crippen LogP contribution < -0.4 is 5.32 Å². The molecule has 27 heavy (non-hydrogen) atoms. The molecule has 1 unspecified atom stereocenters. The molecule has 2 heterocycles. The number of piperazine rings is 1. The van der Waals surface area contributed by atoms with Crippen LogP contribution in [0.1, 0.15) is 24.8 Å². The van der Waals surface area contributed by atoms with Crippen LogP contribution in [0.3, 0.4) is 0 Å². The molecule has 8 heteroatoms. The summed E-state index contributed by atoms with van der Waals surface area (Å²) in [6.45, 7) is 2.18. The number of hydrogen-bond donors (Lipinski definition) is 1. The SMILES string of the molecule is COC1CCN(C(=O)CC2C(=O)NCCN2Cc2cccc(F)c2F)CC1. The Hall–Kier alpha value is -2.06. The second-order valence-electron chi connectivity index (χ2n) is 7.01. The lowest BCUT2D eigenvalue weighted by Gasteiger charge is -2.37. The highest BCUT2D eigenvalue weighted by Crippen LogP contribution is 2.20. The number of amides is 2. The van der Waals surface area contributed by atoms with Crippen molar-refractivity contribution in [1.29, 1.82) is 0 Å². The number of ether oxygens (including phenoxy) is 1. The molecule has 2 aliphatic rings. The Labute approximate surface area is 157 Å². The summed E-state index contributed by atoms with van der Waals surface area (Å²) >= 11 is 0. The smallest absolute Gasteiger partial charge is 0.237 e. The number of nitrogens with one attached hydrogen (secondary N) is 1. The van der Waals surface area contributed by atoms with E-state index < -0.39 is 17.7 Å². The highest BCUT2D eigenvalue weighted by Gasteiger charge is 2.34. The zero-order chi connectivity index (χ0) is 19.4. The molecule has 0 spiro atoms. The molecular formula is C19H25F2N3O3. The van der Waals surface area contributed by atoms with Gasteiger partial charge in [-0.3, -0.25) is 14.5 Å². The van der Waals surface area contributed by atoms with Gasteiger partial charge in [-0.05, 0) is 18.9 Å². The summed E-state index contributed by atoms with van der Waals surface area (Å²) in [6, 6.07) is 3.32. The predicted octanol–water partition coefficient (Wildman–Crippen LogP) is 1.29. The number of methoxy groups -OCH3 is 1. The van der Waals surface area contributed by atoms with E-state index in [1.807, 2.05) is 0 Å². The first-order valence-corrected chi connectivity index (χ1v) is 9.24. The monoisotopic (exact) mass is 381 g/mol. The predicted molar refractivity (Wildman–Crippen MR) is 94.8 cm³/mol. The number of likely N-dealkylation sites (tertiary alicyclic amines) is 1. The zero-order valence-corrected chi connectivity index (χ0v) is 15.4. The van der Waals surface area contributed by atoms with Crippen LogP contribution in [0, 0.1) is 11.6 Å². The van der Waals surface area contributed by atoms with Crippen LogP contribution in [0.25, 0.3) is 0 Å². The second-order valence-corrected chi connectivity index (χ2v) is 7.01. The van der Waals surface area contributed by atoms with Crippen molar-refractivity contribution >= 4 is 11.8 Å². The van der Waals surface area contributed by atoms with Crippen molar-refractivity contribution in [2.75, 3.05) is 33.3 Å². The fraction of sp³-hybridized carbons (Fsp3) is 0.579. The van der Waals surface area contributed by atoms with E-state index in [1.165, 1.54) is 12.1 Å². The van der Waals surface area contributed by atoms with Crippen LogP contribution in [-0.4, -0.2) is 67.0 Å². The van der Waals surface area contributed by atoms with Gasteiger partial charge >= 0.3 is 0 Å². The molecule has 1 N–H and O–H groups in total. The van der Waals surface area contributed by atoms with E-state index in [4.69, 9.17) is 4.74 Å². The van der Waals surface area contributed by atoms with Crippen LogP contribution in [0.15, 0.2) is 18.2 Å². The molecule has 2 amide bonds. The van der Waals surface area contributed by atoms with Gasteiger partial charge in [-0.25, -0.2) is 8.78 Å². The number of piperidine rings is 1. The minimum Gasteiger partial charge on any atom is -0.381 e. The average molecular weight is 381 g/mol. The first-order chi connectivity index (χ1) is 13.0. The molecule has 148 valence electrons. The summed E-state index contributed by atoms with van der Waals surface area (Å²) in [5.74, 6) is -2.17. The number of nitrogens with zero attached hydrogens (tertiary/aromatic N) is 2. The van der Waals surface area contributed by atoms with Gasteiger partial charge in [0.05, 0.1) is 18.6 Å². The maximum absolute atomic E-state index is 14.0. The average Bonchev–Trinajstić information content (AvgIpc) is 2.68. The molecule has 0 aliphatic carbocycles. The van der Waals surface area contributed by atoms with Crippen LogP contribution in [0.2, 0.25) is 0 Å². The van der Waals surface area contributed by atoms with Gasteiger partial charge in [-0.1, -0.05) is 12.1 Å². The number of carbonyl (C=O) groups is 2. The third kappa shape index (κ3) is 4.62. The van der Waals surface area contributed by atoms with Gasteiger partial charge in [0.1, 0.15) is 0 Å².